The van der Waals surface area contributed by atoms with Crippen LogP contribution in [-0.2, 0) is 0 Å². The van der Waals surface area contributed by atoms with Crippen molar-refractivity contribution in [2.24, 2.45) is 0 Å². The Morgan fingerprint density at radius 1 is 1.37 bits per heavy atom. The Balaban J connectivity index is 0.000000861. The second-order valence-electron chi connectivity index (χ2n) is 4.07. The average molecular weight is 272 g/mol. The van der Waals surface area contributed by atoms with Crippen LogP contribution < -0.4 is 4.90 Å². The number of halogens is 2. The highest BCUT2D eigenvalue weighted by atomic mass is 19.2. The van der Waals surface area contributed by atoms with Gasteiger partial charge in [-0.05, 0) is 18.6 Å². The number of hydrogen-bond acceptors (Lipinski definition) is 3. The Morgan fingerprint density at radius 2 is 1.89 bits per heavy atom. The number of nitrogens with zero attached hydrogens (tertiary/aromatic N) is 2. The lowest BCUT2D eigenvalue weighted by atomic mass is 10.1. The molecular weight excluding hydrogens is 254 g/mol. The second-order valence-corrected chi connectivity index (χ2v) is 4.07. The van der Waals surface area contributed by atoms with E-state index in [1.54, 1.807) is 13.0 Å². The van der Waals surface area contributed by atoms with E-state index in [1.807, 2.05) is 13.8 Å². The molecule has 1 saturated heterocycles. The summed E-state index contributed by atoms with van der Waals surface area (Å²) in [4.78, 5) is 16.4. The third-order valence-electron chi connectivity index (χ3n) is 2.83. The van der Waals surface area contributed by atoms with Crippen molar-refractivity contribution in [2.45, 2.75) is 33.1 Å². The van der Waals surface area contributed by atoms with Crippen molar-refractivity contribution >= 4 is 11.8 Å². The van der Waals surface area contributed by atoms with Gasteiger partial charge in [0.15, 0.2) is 12.3 Å². The Morgan fingerprint density at radius 3 is 2.37 bits per heavy atom. The Labute approximate surface area is 111 Å². The van der Waals surface area contributed by atoms with E-state index in [-0.39, 0.29) is 24.5 Å². The topological polar surface area (TPSA) is 53.4 Å². The zero-order chi connectivity index (χ0) is 14.6. The maximum Gasteiger partial charge on any atom is 0.339 e. The smallest absolute Gasteiger partial charge is 0.339 e. The first-order chi connectivity index (χ1) is 9.00. The number of alkyl halides is 2. The molecule has 1 aliphatic rings. The molecule has 2 rings (SSSR count). The zero-order valence-corrected chi connectivity index (χ0v) is 11.2. The first kappa shape index (κ1) is 15.3. The van der Waals surface area contributed by atoms with Gasteiger partial charge >= 0.3 is 5.97 Å². The number of carbonyl (C=O) groups is 1. The quantitative estimate of drug-likeness (QED) is 0.899. The highest BCUT2D eigenvalue weighted by Gasteiger charge is 2.35. The molecule has 2 unspecified atom stereocenters. The molecule has 0 amide bonds. The standard InChI is InChI=1S/C11H12F2N2O2.C2H6/c1-6-2-3-14-10(9(6)11(16)17)15-4-7(12)8(13)5-15;1-2/h2-3,7-8H,4-5H2,1H3,(H,16,17);1-2H3. The lowest BCUT2D eigenvalue weighted by molar-refractivity contribution is 0.0696. The number of anilines is 1. The second kappa shape index (κ2) is 6.45. The van der Waals surface area contributed by atoms with Crippen LogP contribution in [0.4, 0.5) is 14.6 Å². The Bertz CT molecular complexity index is 444. The van der Waals surface area contributed by atoms with E-state index in [0.29, 0.717) is 5.56 Å². The fourth-order valence-electron chi connectivity index (χ4n) is 1.95. The largest absolute Gasteiger partial charge is 0.478 e. The van der Waals surface area contributed by atoms with Crippen LogP contribution in [0.1, 0.15) is 29.8 Å². The lowest BCUT2D eigenvalue weighted by Crippen LogP contribution is -2.24. The van der Waals surface area contributed by atoms with E-state index < -0.39 is 18.3 Å². The van der Waals surface area contributed by atoms with Gasteiger partial charge in [-0.1, -0.05) is 13.8 Å². The summed E-state index contributed by atoms with van der Waals surface area (Å²) < 4.78 is 26.2. The normalized spacial score (nSPS) is 21.8. The van der Waals surface area contributed by atoms with Crippen LogP contribution >= 0.6 is 0 Å². The van der Waals surface area contributed by atoms with Gasteiger partial charge in [0.1, 0.15) is 11.4 Å². The molecule has 6 heteroatoms. The van der Waals surface area contributed by atoms with E-state index in [1.165, 1.54) is 11.1 Å². The van der Waals surface area contributed by atoms with Crippen LogP contribution in [0.2, 0.25) is 0 Å². The minimum Gasteiger partial charge on any atom is -0.478 e. The van der Waals surface area contributed by atoms with Crippen molar-refractivity contribution in [3.63, 3.8) is 0 Å². The number of carboxylic acid groups (broad SMARTS) is 1. The van der Waals surface area contributed by atoms with Crippen LogP contribution in [0.25, 0.3) is 0 Å². The third kappa shape index (κ3) is 3.19. The molecule has 0 saturated carbocycles. The SMILES string of the molecule is CC.Cc1ccnc(N2CC(F)C(F)C2)c1C(=O)O. The number of aryl methyl sites for hydroxylation is 1. The number of aromatic nitrogens is 1. The van der Waals surface area contributed by atoms with Crippen molar-refractivity contribution < 1.29 is 18.7 Å². The molecule has 0 radical (unpaired) electrons. The van der Waals surface area contributed by atoms with Gasteiger partial charge in [0.2, 0.25) is 0 Å². The molecule has 106 valence electrons. The minimum absolute atomic E-state index is 0.00815. The van der Waals surface area contributed by atoms with Crippen molar-refractivity contribution in [3.05, 3.63) is 23.4 Å². The van der Waals surface area contributed by atoms with E-state index in [0.717, 1.165) is 0 Å². The molecule has 2 heterocycles. The van der Waals surface area contributed by atoms with Crippen molar-refractivity contribution in [1.29, 1.82) is 0 Å². The lowest BCUT2D eigenvalue weighted by Gasteiger charge is -2.18. The molecule has 0 aliphatic carbocycles. The van der Waals surface area contributed by atoms with Gasteiger partial charge in [-0.15, -0.1) is 0 Å². The van der Waals surface area contributed by atoms with Crippen LogP contribution in [-0.4, -0.2) is 41.5 Å². The summed E-state index contributed by atoms with van der Waals surface area (Å²) in [5.74, 6) is -0.997. The third-order valence-corrected chi connectivity index (χ3v) is 2.83. The van der Waals surface area contributed by atoms with E-state index in [2.05, 4.69) is 4.98 Å². The molecule has 4 nitrogen and oxygen atoms in total. The molecule has 2 atom stereocenters. The van der Waals surface area contributed by atoms with Gasteiger partial charge in [0.25, 0.3) is 0 Å². The summed E-state index contributed by atoms with van der Waals surface area (Å²) in [6.07, 6.45) is -1.73. The fraction of sp³-hybridized carbons (Fsp3) is 0.538. The van der Waals surface area contributed by atoms with E-state index in [9.17, 15) is 13.6 Å². The summed E-state index contributed by atoms with van der Waals surface area (Å²) >= 11 is 0. The average Bonchev–Trinajstić information content (AvgIpc) is 2.71. The van der Waals surface area contributed by atoms with Crippen LogP contribution in [0, 0.1) is 6.92 Å². The maximum absolute atomic E-state index is 13.1. The number of rotatable bonds is 2. The molecule has 19 heavy (non-hydrogen) atoms. The van der Waals surface area contributed by atoms with E-state index >= 15 is 0 Å². The fourth-order valence-corrected chi connectivity index (χ4v) is 1.95. The molecular formula is C13H18F2N2O2. The first-order valence-electron chi connectivity index (χ1n) is 6.22. The number of aromatic carboxylic acids is 1. The molecule has 0 bridgehead atoms. The monoisotopic (exact) mass is 272 g/mol. The summed E-state index contributed by atoms with van der Waals surface area (Å²) in [5.41, 5.74) is 0.536. The molecule has 1 aromatic rings. The van der Waals surface area contributed by atoms with Crippen LogP contribution in [0.3, 0.4) is 0 Å². The molecule has 1 fully saturated rings. The maximum atomic E-state index is 13.1. The van der Waals surface area contributed by atoms with Gasteiger partial charge in [-0.3, -0.25) is 0 Å². The minimum atomic E-state index is -1.58. The number of hydrogen-bond donors (Lipinski definition) is 1. The van der Waals surface area contributed by atoms with Gasteiger partial charge in [-0.25, -0.2) is 18.6 Å². The predicted molar refractivity (Wildman–Crippen MR) is 69.3 cm³/mol. The highest BCUT2D eigenvalue weighted by Crippen LogP contribution is 2.26. The summed E-state index contributed by atoms with van der Waals surface area (Å²) in [7, 11) is 0. The van der Waals surface area contributed by atoms with Crippen molar-refractivity contribution in [3.8, 4) is 0 Å². The Hall–Kier alpha value is -1.72. The summed E-state index contributed by atoms with van der Waals surface area (Å²) in [6.45, 7) is 5.32. The number of carboxylic acids is 1. The van der Waals surface area contributed by atoms with Gasteiger partial charge in [-0.2, -0.15) is 0 Å². The molecule has 1 aliphatic heterocycles. The summed E-state index contributed by atoms with van der Waals surface area (Å²) in [5, 5.41) is 9.08. The van der Waals surface area contributed by atoms with Crippen LogP contribution in [0.5, 0.6) is 0 Å². The van der Waals surface area contributed by atoms with Crippen LogP contribution in [0.15, 0.2) is 12.3 Å². The first-order valence-corrected chi connectivity index (χ1v) is 6.22. The van der Waals surface area contributed by atoms with Crippen molar-refractivity contribution in [1.82, 2.24) is 4.98 Å². The highest BCUT2D eigenvalue weighted by molar-refractivity contribution is 5.95. The molecule has 0 aromatic carbocycles. The van der Waals surface area contributed by atoms with E-state index in [4.69, 9.17) is 5.11 Å². The molecule has 1 aromatic heterocycles. The van der Waals surface area contributed by atoms with Gasteiger partial charge in [0.05, 0.1) is 13.1 Å². The van der Waals surface area contributed by atoms with Gasteiger partial charge in [0, 0.05) is 6.20 Å². The zero-order valence-electron chi connectivity index (χ0n) is 11.2. The van der Waals surface area contributed by atoms with Gasteiger partial charge < -0.3 is 10.0 Å². The number of pyridine rings is 1. The predicted octanol–water partition coefficient (Wildman–Crippen LogP) is 2.61. The molecule has 0 spiro atoms. The summed E-state index contributed by atoms with van der Waals surface area (Å²) in [6, 6.07) is 1.56. The molecule has 1 N–H and O–H groups in total. The van der Waals surface area contributed by atoms with Crippen molar-refractivity contribution in [2.75, 3.05) is 18.0 Å². The Kier molecular flexibility index (Phi) is 5.20.